The first kappa shape index (κ1) is 10.7. The molecule has 0 aliphatic heterocycles. The Labute approximate surface area is 99.3 Å². The van der Waals surface area contributed by atoms with E-state index in [1.54, 1.807) is 8.85 Å². The normalized spacial score (nSPS) is 11.0. The Morgan fingerprint density at radius 2 is 2.00 bits per heavy atom. The molecule has 2 rings (SSSR count). The lowest BCUT2D eigenvalue weighted by atomic mass is 10.2. The number of nitrogens with zero attached hydrogens (tertiary/aromatic N) is 1. The lowest BCUT2D eigenvalue weighted by molar-refractivity contribution is 0.413. The molecule has 0 aliphatic carbocycles. The first-order valence-corrected chi connectivity index (χ1v) is 5.23. The fraction of sp³-hybridized carbons (Fsp3) is 0.200. The fourth-order valence-electron chi connectivity index (χ4n) is 1.55. The van der Waals surface area contributed by atoms with Gasteiger partial charge in [-0.05, 0) is 13.0 Å². The summed E-state index contributed by atoms with van der Waals surface area (Å²) in [6, 6.07) is 2.83. The van der Waals surface area contributed by atoms with E-state index in [4.69, 9.17) is 4.74 Å². The molecule has 1 aromatic heterocycles. The molecule has 0 unspecified atom stereocenters. The van der Waals surface area contributed by atoms with Gasteiger partial charge in [-0.25, -0.2) is 8.78 Å². The Morgan fingerprint density at radius 1 is 1.33 bits per heavy atom. The molecule has 15 heavy (non-hydrogen) atoms. The van der Waals surface area contributed by atoms with Crippen molar-refractivity contribution in [1.82, 2.24) is 2.78 Å². The molecule has 2 aromatic rings. The third-order valence-corrected chi connectivity index (χ3v) is 3.52. The lowest BCUT2D eigenvalue weighted by Crippen LogP contribution is -1.93. The molecule has 0 saturated heterocycles. The van der Waals surface area contributed by atoms with Gasteiger partial charge in [-0.15, -0.1) is 0 Å². The van der Waals surface area contributed by atoms with E-state index in [2.05, 4.69) is 0 Å². The molecule has 0 fully saturated rings. The van der Waals surface area contributed by atoms with Crippen LogP contribution in [0.4, 0.5) is 8.78 Å². The van der Waals surface area contributed by atoms with Crippen LogP contribution in [0.1, 0.15) is 5.69 Å². The van der Waals surface area contributed by atoms with Crippen molar-refractivity contribution in [3.63, 3.8) is 0 Å². The predicted molar refractivity (Wildman–Crippen MR) is 62.6 cm³/mol. The molecule has 2 nitrogen and oxygen atoms in total. The van der Waals surface area contributed by atoms with E-state index >= 15 is 0 Å². The Hall–Kier alpha value is -0.850. The zero-order chi connectivity index (χ0) is 11.2. The maximum absolute atomic E-state index is 13.5. The second-order valence-electron chi connectivity index (χ2n) is 3.20. The minimum absolute atomic E-state index is 0.227. The van der Waals surface area contributed by atoms with Crippen LogP contribution < -0.4 is 4.74 Å². The highest BCUT2D eigenvalue weighted by atomic mass is 127. The third kappa shape index (κ3) is 1.49. The van der Waals surface area contributed by atoms with Gasteiger partial charge in [-0.3, -0.25) is 2.78 Å². The maximum atomic E-state index is 13.5. The van der Waals surface area contributed by atoms with Crippen molar-refractivity contribution in [3.8, 4) is 5.75 Å². The van der Waals surface area contributed by atoms with Gasteiger partial charge in [0.25, 0.3) is 0 Å². The molecule has 0 aliphatic rings. The number of hydrogen-bond donors (Lipinski definition) is 0. The van der Waals surface area contributed by atoms with Crippen molar-refractivity contribution in [2.45, 2.75) is 6.92 Å². The summed E-state index contributed by atoms with van der Waals surface area (Å²) >= 11 is 1.93. The Bertz CT molecular complexity index is 536. The number of halogens is 3. The quantitative estimate of drug-likeness (QED) is 0.734. The molecule has 5 heteroatoms. The number of hydrogen-bond acceptors (Lipinski definition) is 1. The Kier molecular flexibility index (Phi) is 2.57. The third-order valence-electron chi connectivity index (χ3n) is 2.28. The van der Waals surface area contributed by atoms with Crippen LogP contribution in [0, 0.1) is 18.6 Å². The lowest BCUT2D eigenvalue weighted by Gasteiger charge is -2.04. The summed E-state index contributed by atoms with van der Waals surface area (Å²) in [5.41, 5.74) is 1.07. The maximum Gasteiger partial charge on any atom is 0.184 e. The van der Waals surface area contributed by atoms with Crippen molar-refractivity contribution in [2.75, 3.05) is 7.11 Å². The number of rotatable bonds is 1. The van der Waals surface area contributed by atoms with Crippen molar-refractivity contribution in [3.05, 3.63) is 29.5 Å². The van der Waals surface area contributed by atoms with Gasteiger partial charge < -0.3 is 4.74 Å². The van der Waals surface area contributed by atoms with Crippen LogP contribution in [0.15, 0.2) is 12.1 Å². The summed E-state index contributed by atoms with van der Waals surface area (Å²) in [5, 5.41) is 0.586. The smallest absolute Gasteiger partial charge is 0.184 e. The molecule has 1 aromatic carbocycles. The SMILES string of the molecule is COc1cc(F)c(F)c2c1cc(C)n2I. The molecule has 0 radical (unpaired) electrons. The zero-order valence-electron chi connectivity index (χ0n) is 8.14. The number of ether oxygens (including phenoxy) is 1. The number of fused-ring (bicyclic) bond motifs is 1. The van der Waals surface area contributed by atoms with Crippen LogP contribution in [0.5, 0.6) is 5.75 Å². The summed E-state index contributed by atoms with van der Waals surface area (Å²) in [7, 11) is 1.44. The Balaban J connectivity index is 2.96. The zero-order valence-corrected chi connectivity index (χ0v) is 10.3. The van der Waals surface area contributed by atoms with Crippen LogP contribution in [0.2, 0.25) is 0 Å². The van der Waals surface area contributed by atoms with Gasteiger partial charge >= 0.3 is 0 Å². The van der Waals surface area contributed by atoms with Gasteiger partial charge in [0.1, 0.15) is 11.3 Å². The predicted octanol–water partition coefficient (Wildman–Crippen LogP) is 3.43. The van der Waals surface area contributed by atoms with E-state index in [0.717, 1.165) is 11.8 Å². The van der Waals surface area contributed by atoms with E-state index in [1.165, 1.54) is 7.11 Å². The molecule has 80 valence electrons. The first-order chi connectivity index (χ1) is 7.06. The van der Waals surface area contributed by atoms with Gasteiger partial charge in [0.2, 0.25) is 0 Å². The average Bonchev–Trinajstić information content (AvgIpc) is 2.50. The summed E-state index contributed by atoms with van der Waals surface area (Å²) < 4.78 is 33.3. The summed E-state index contributed by atoms with van der Waals surface area (Å²) in [4.78, 5) is 0. The molecular formula is C10H8F2INO. The standard InChI is InChI=1S/C10H8F2INO/c1-5-3-6-8(15-2)4-7(11)9(12)10(6)14(5)13/h3-4H,1-2H3. The minimum Gasteiger partial charge on any atom is -0.496 e. The van der Waals surface area contributed by atoms with E-state index in [1.807, 2.05) is 29.8 Å². The van der Waals surface area contributed by atoms with E-state index in [0.29, 0.717) is 11.1 Å². The van der Waals surface area contributed by atoms with E-state index in [9.17, 15) is 8.78 Å². The van der Waals surface area contributed by atoms with Crippen LogP contribution in [-0.2, 0) is 0 Å². The summed E-state index contributed by atoms with van der Waals surface area (Å²) in [6.07, 6.45) is 0. The van der Waals surface area contributed by atoms with E-state index < -0.39 is 11.6 Å². The molecule has 0 spiro atoms. The molecule has 0 amide bonds. The molecular weight excluding hydrogens is 315 g/mol. The van der Waals surface area contributed by atoms with Gasteiger partial charge in [0.15, 0.2) is 11.6 Å². The largest absolute Gasteiger partial charge is 0.496 e. The highest BCUT2D eigenvalue weighted by Gasteiger charge is 2.17. The monoisotopic (exact) mass is 323 g/mol. The average molecular weight is 323 g/mol. The second-order valence-corrected chi connectivity index (χ2v) is 4.17. The number of aromatic nitrogens is 1. The van der Waals surface area contributed by atoms with Crippen LogP contribution in [-0.4, -0.2) is 9.89 Å². The van der Waals surface area contributed by atoms with Gasteiger partial charge in [-0.2, -0.15) is 0 Å². The highest BCUT2D eigenvalue weighted by molar-refractivity contribution is 14.1. The molecule has 0 bridgehead atoms. The second kappa shape index (κ2) is 3.62. The fourth-order valence-corrected chi connectivity index (χ4v) is 2.16. The highest BCUT2D eigenvalue weighted by Crippen LogP contribution is 2.33. The Morgan fingerprint density at radius 3 is 2.60 bits per heavy atom. The van der Waals surface area contributed by atoms with Gasteiger partial charge in [0, 0.05) is 17.1 Å². The van der Waals surface area contributed by atoms with E-state index in [-0.39, 0.29) is 5.52 Å². The number of aryl methyl sites for hydroxylation is 1. The first-order valence-electron chi connectivity index (χ1n) is 4.26. The van der Waals surface area contributed by atoms with Crippen LogP contribution >= 0.6 is 22.9 Å². The topological polar surface area (TPSA) is 14.2 Å². The molecule has 1 heterocycles. The molecule has 0 N–H and O–H groups in total. The number of benzene rings is 1. The molecule has 0 saturated carbocycles. The van der Waals surface area contributed by atoms with Crippen molar-refractivity contribution in [2.24, 2.45) is 0 Å². The molecule has 0 atom stereocenters. The van der Waals surface area contributed by atoms with Crippen molar-refractivity contribution < 1.29 is 13.5 Å². The van der Waals surface area contributed by atoms with Crippen LogP contribution in [0.3, 0.4) is 0 Å². The van der Waals surface area contributed by atoms with Gasteiger partial charge in [0.05, 0.1) is 30.0 Å². The van der Waals surface area contributed by atoms with Gasteiger partial charge in [-0.1, -0.05) is 0 Å². The number of methoxy groups -OCH3 is 1. The van der Waals surface area contributed by atoms with Crippen molar-refractivity contribution in [1.29, 1.82) is 0 Å². The van der Waals surface area contributed by atoms with Crippen LogP contribution in [0.25, 0.3) is 10.9 Å². The summed E-state index contributed by atoms with van der Waals surface area (Å²) in [5.74, 6) is -1.38. The minimum atomic E-state index is -0.893. The van der Waals surface area contributed by atoms with Crippen molar-refractivity contribution >= 4 is 33.8 Å². The summed E-state index contributed by atoms with van der Waals surface area (Å²) in [6.45, 7) is 1.82.